The van der Waals surface area contributed by atoms with E-state index in [0.29, 0.717) is 45.8 Å². The lowest BCUT2D eigenvalue weighted by molar-refractivity contribution is 0.402. The summed E-state index contributed by atoms with van der Waals surface area (Å²) in [4.78, 5) is 6.68. The molecular weight excluding hydrogens is 1240 g/mol. The second kappa shape index (κ2) is 48.4. The van der Waals surface area contributed by atoms with E-state index >= 15 is 8.78 Å². The largest absolute Gasteiger partial charge is 0.203 e. The van der Waals surface area contributed by atoms with Crippen LogP contribution in [0, 0.1) is 35.3 Å². The third-order valence-corrected chi connectivity index (χ3v) is 26.0. The van der Waals surface area contributed by atoms with Crippen molar-refractivity contribution in [3.05, 3.63) is 68.9 Å². The highest BCUT2D eigenvalue weighted by atomic mass is 32.1. The number of halogens is 2. The molecule has 6 aromatic rings. The summed E-state index contributed by atoms with van der Waals surface area (Å²) in [6.45, 7) is 18.5. The van der Waals surface area contributed by atoms with Gasteiger partial charge in [-0.2, -0.15) is 8.75 Å². The summed E-state index contributed by atoms with van der Waals surface area (Å²) in [7, 11) is 0. The predicted octanol–water partition coefficient (Wildman–Crippen LogP) is 31.6. The van der Waals surface area contributed by atoms with Gasteiger partial charge < -0.3 is 0 Å². The van der Waals surface area contributed by atoms with Crippen molar-refractivity contribution < 1.29 is 8.78 Å². The summed E-state index contributed by atoms with van der Waals surface area (Å²) in [6.07, 6.45) is 63.9. The van der Waals surface area contributed by atoms with Gasteiger partial charge in [-0.15, -0.1) is 45.3 Å². The van der Waals surface area contributed by atoms with Gasteiger partial charge in [0, 0.05) is 29.3 Å². The molecule has 5 heterocycles. The van der Waals surface area contributed by atoms with Crippen LogP contribution in [-0.2, 0) is 25.7 Å². The lowest BCUT2D eigenvalue weighted by Crippen LogP contribution is -2.06. The molecular formula is C84H134F2N2S5. The van der Waals surface area contributed by atoms with Gasteiger partial charge in [-0.25, -0.2) is 8.78 Å². The van der Waals surface area contributed by atoms with Crippen molar-refractivity contribution in [1.29, 1.82) is 0 Å². The van der Waals surface area contributed by atoms with E-state index in [0.717, 1.165) is 47.2 Å². The number of rotatable bonds is 58. The number of fused-ring (bicyclic) bond motifs is 1. The average Bonchev–Trinajstić information content (AvgIpc) is 1.63. The van der Waals surface area contributed by atoms with Crippen molar-refractivity contribution in [2.75, 3.05) is 0 Å². The second-order valence-corrected chi connectivity index (χ2v) is 33.6. The number of aromatic nitrogens is 2. The molecule has 4 atom stereocenters. The van der Waals surface area contributed by atoms with Crippen molar-refractivity contribution in [1.82, 2.24) is 8.75 Å². The molecule has 0 aliphatic carbocycles. The van der Waals surface area contributed by atoms with Gasteiger partial charge in [-0.1, -0.05) is 351 Å². The minimum Gasteiger partial charge on any atom is -0.203 e. The molecule has 0 saturated carbocycles. The fourth-order valence-corrected chi connectivity index (χ4v) is 20.2. The Hall–Kier alpha value is -2.30. The Morgan fingerprint density at radius 1 is 0.301 bits per heavy atom. The van der Waals surface area contributed by atoms with Gasteiger partial charge in [0.1, 0.15) is 11.0 Å². The highest BCUT2D eigenvalue weighted by molar-refractivity contribution is 7.24. The van der Waals surface area contributed by atoms with Crippen LogP contribution in [0.5, 0.6) is 0 Å². The minimum absolute atomic E-state index is 0.306. The van der Waals surface area contributed by atoms with Gasteiger partial charge in [0.2, 0.25) is 0 Å². The molecule has 6 rings (SSSR count). The van der Waals surface area contributed by atoms with Crippen molar-refractivity contribution in [3.8, 4) is 40.4 Å². The highest BCUT2D eigenvalue weighted by Crippen LogP contribution is 2.50. The van der Waals surface area contributed by atoms with Crippen LogP contribution in [0.1, 0.15) is 373 Å². The van der Waals surface area contributed by atoms with Gasteiger partial charge in [-0.3, -0.25) is 0 Å². The van der Waals surface area contributed by atoms with Crippen LogP contribution in [0.25, 0.3) is 51.4 Å². The fourth-order valence-electron chi connectivity index (χ4n) is 15.0. The third-order valence-electron chi connectivity index (χ3n) is 20.8. The number of thiophene rings is 4. The Balaban J connectivity index is 1.42. The first kappa shape index (κ1) is 79.7. The SMILES string of the molecule is CCCCCCCCC(CCCCCC)Cc1cc(-c2c(F)c(F)c(-c3cc(CC(CCCCCC)CCCCCCCC)c(-c4cc(CC(CCCCCC)CCCCCCC)cs4)s3)c3nsnc23)sc1-c1cc(CC(CCCCCC)CCCCCCC)cs1. The molecule has 0 spiro atoms. The van der Waals surface area contributed by atoms with Crippen LogP contribution >= 0.6 is 57.1 Å². The molecule has 0 amide bonds. The van der Waals surface area contributed by atoms with Gasteiger partial charge in [0.15, 0.2) is 11.6 Å². The van der Waals surface area contributed by atoms with Crippen LogP contribution in [-0.4, -0.2) is 8.75 Å². The quantitative estimate of drug-likeness (QED) is 0.0356. The van der Waals surface area contributed by atoms with Crippen LogP contribution < -0.4 is 0 Å². The summed E-state index contributed by atoms with van der Waals surface area (Å²) in [5.41, 5.74) is 7.17. The minimum atomic E-state index is -0.768. The van der Waals surface area contributed by atoms with E-state index in [-0.39, 0.29) is 0 Å². The van der Waals surface area contributed by atoms with Gasteiger partial charge in [0.05, 0.1) is 22.9 Å². The monoisotopic (exact) mass is 1370 g/mol. The molecule has 0 radical (unpaired) electrons. The highest BCUT2D eigenvalue weighted by Gasteiger charge is 2.30. The van der Waals surface area contributed by atoms with Crippen molar-refractivity contribution in [2.24, 2.45) is 23.7 Å². The number of benzene rings is 1. The van der Waals surface area contributed by atoms with E-state index in [1.807, 2.05) is 22.7 Å². The van der Waals surface area contributed by atoms with E-state index < -0.39 is 11.6 Å². The maximum Gasteiger partial charge on any atom is 0.170 e. The number of unbranched alkanes of at least 4 members (excludes halogenated alkanes) is 30. The molecule has 93 heavy (non-hydrogen) atoms. The summed E-state index contributed by atoms with van der Waals surface area (Å²) < 4.78 is 46.2. The predicted molar refractivity (Wildman–Crippen MR) is 417 cm³/mol. The summed E-state index contributed by atoms with van der Waals surface area (Å²) in [5.74, 6) is 0.978. The van der Waals surface area contributed by atoms with E-state index in [1.54, 1.807) is 22.7 Å². The van der Waals surface area contributed by atoms with E-state index in [1.165, 1.54) is 337 Å². The zero-order chi connectivity index (χ0) is 66.1. The Morgan fingerprint density at radius 3 is 0.828 bits per heavy atom. The van der Waals surface area contributed by atoms with Crippen molar-refractivity contribution in [3.63, 3.8) is 0 Å². The van der Waals surface area contributed by atoms with Crippen LogP contribution in [0.15, 0.2) is 35.0 Å². The molecule has 0 N–H and O–H groups in total. The summed E-state index contributed by atoms with van der Waals surface area (Å²) in [6, 6.07) is 9.56. The maximum absolute atomic E-state index is 18.1. The maximum atomic E-state index is 18.1. The molecule has 0 saturated heterocycles. The molecule has 4 unspecified atom stereocenters. The Kier molecular flexibility index (Phi) is 41.5. The first-order valence-corrected chi connectivity index (χ1v) is 43.9. The molecule has 5 aromatic heterocycles. The molecule has 0 aliphatic heterocycles. The average molecular weight is 1370 g/mol. The molecule has 0 bridgehead atoms. The number of hydrogen-bond acceptors (Lipinski definition) is 7. The molecule has 0 fully saturated rings. The lowest BCUT2D eigenvalue weighted by Gasteiger charge is -2.17. The van der Waals surface area contributed by atoms with Gasteiger partial charge >= 0.3 is 0 Å². The molecule has 9 heteroatoms. The normalized spacial score (nSPS) is 13.3. The lowest BCUT2D eigenvalue weighted by atomic mass is 9.88. The van der Waals surface area contributed by atoms with Crippen LogP contribution in [0.2, 0.25) is 0 Å². The summed E-state index contributed by atoms with van der Waals surface area (Å²) >= 11 is 8.25. The fraction of sp³-hybridized carbons (Fsp3) is 0.738. The van der Waals surface area contributed by atoms with Crippen molar-refractivity contribution in [2.45, 2.75) is 376 Å². The van der Waals surface area contributed by atoms with Crippen LogP contribution in [0.3, 0.4) is 0 Å². The topological polar surface area (TPSA) is 25.8 Å². The van der Waals surface area contributed by atoms with E-state index in [4.69, 9.17) is 8.75 Å². The van der Waals surface area contributed by atoms with E-state index in [9.17, 15) is 0 Å². The van der Waals surface area contributed by atoms with E-state index in [2.05, 4.69) is 90.4 Å². The zero-order valence-corrected chi connectivity index (χ0v) is 64.9. The number of hydrogen-bond donors (Lipinski definition) is 0. The second-order valence-electron chi connectivity index (χ2n) is 29.1. The first-order valence-electron chi connectivity index (χ1n) is 39.7. The van der Waals surface area contributed by atoms with Crippen molar-refractivity contribution >= 4 is 68.1 Å². The molecule has 1 aromatic carbocycles. The standard InChI is InChI=1S/C84H134F2N2S5/c1-9-17-25-33-37-45-53-67(51-41-31-23-15-7)57-71-61-73(91-83(71)75-59-69(63-89-75)55-65(47-39-29-21-13-5)49-43-35-27-19-11-3)77-79(85)80(86)78(82-81(77)87-93-88-82)74-62-72(58-68(52-42-32-24-16-8)54-46-38-34-26-18-10-2)84(92-74)76-60-70(64-90-76)56-66(48-40-30-22-14-6)50-44-36-28-20-12-4/h59-68H,9-58H2,1-8H3. The Labute approximate surface area is 590 Å². The summed E-state index contributed by atoms with van der Waals surface area (Å²) in [5, 5.41) is 4.88. The first-order chi connectivity index (χ1) is 45.7. The zero-order valence-electron chi connectivity index (χ0n) is 60.8. The van der Waals surface area contributed by atoms with Crippen LogP contribution in [0.4, 0.5) is 8.78 Å². The molecule has 0 aliphatic rings. The van der Waals surface area contributed by atoms with Gasteiger partial charge in [0.25, 0.3) is 0 Å². The molecule has 2 nitrogen and oxygen atoms in total. The molecule has 524 valence electrons. The Bertz CT molecular complexity index is 2640. The smallest absolute Gasteiger partial charge is 0.170 e. The number of nitrogens with zero attached hydrogens (tertiary/aromatic N) is 2. The van der Waals surface area contributed by atoms with Gasteiger partial charge in [-0.05, 0) is 107 Å². The third kappa shape index (κ3) is 28.5. The Morgan fingerprint density at radius 2 is 0.548 bits per heavy atom.